The zero-order chi connectivity index (χ0) is 15.1. The highest BCUT2D eigenvalue weighted by Crippen LogP contribution is 2.33. The molecule has 2 aromatic rings. The highest BCUT2D eigenvalue weighted by molar-refractivity contribution is 6.93. The summed E-state index contributed by atoms with van der Waals surface area (Å²) in [4.78, 5) is 0. The minimum Gasteiger partial charge on any atom is -0.459 e. The Kier molecular flexibility index (Phi) is 2.93. The van der Waals surface area contributed by atoms with Crippen LogP contribution in [0.5, 0.6) is 11.5 Å². The van der Waals surface area contributed by atoms with Crippen molar-refractivity contribution in [3.63, 3.8) is 0 Å². The molecule has 0 N–H and O–H groups in total. The number of para-hydroxylation sites is 2. The maximum absolute atomic E-state index is 6.08. The van der Waals surface area contributed by atoms with Crippen LogP contribution in [-0.4, -0.2) is 6.71 Å². The molecule has 0 saturated heterocycles. The summed E-state index contributed by atoms with van der Waals surface area (Å²) in [7, 11) is 0. The lowest BCUT2D eigenvalue weighted by Gasteiger charge is -2.33. The van der Waals surface area contributed by atoms with Gasteiger partial charge in [0.1, 0.15) is 23.0 Å². The summed E-state index contributed by atoms with van der Waals surface area (Å²) in [5.41, 5.74) is 3.32. The van der Waals surface area contributed by atoms with Gasteiger partial charge in [0.15, 0.2) is 0 Å². The third kappa shape index (κ3) is 1.82. The smallest absolute Gasteiger partial charge is 0.260 e. The van der Waals surface area contributed by atoms with Gasteiger partial charge in [-0.15, -0.1) is 0 Å². The number of ether oxygens (including phenoxy) is 2. The number of fused-ring (bicyclic) bond motifs is 5. The minimum atomic E-state index is 0.105. The van der Waals surface area contributed by atoms with Crippen molar-refractivity contribution in [3.05, 3.63) is 84.3 Å². The van der Waals surface area contributed by atoms with Gasteiger partial charge >= 0.3 is 0 Å². The molecule has 0 atom stereocenters. The van der Waals surface area contributed by atoms with Crippen LogP contribution in [0.25, 0.3) is 0 Å². The van der Waals surface area contributed by atoms with Crippen LogP contribution >= 0.6 is 0 Å². The first-order valence-corrected chi connectivity index (χ1v) is 7.39. The Morgan fingerprint density at radius 1 is 0.909 bits per heavy atom. The zero-order valence-corrected chi connectivity index (χ0v) is 12.4. The predicted octanol–water partition coefficient (Wildman–Crippen LogP) is 2.96. The molecule has 2 heterocycles. The van der Waals surface area contributed by atoms with Crippen LogP contribution in [0.2, 0.25) is 0 Å². The predicted molar refractivity (Wildman–Crippen MR) is 90.1 cm³/mol. The fraction of sp³-hybridized carbons (Fsp3) is 0.0526. The van der Waals surface area contributed by atoms with E-state index in [1.165, 1.54) is 0 Å². The van der Waals surface area contributed by atoms with Crippen molar-refractivity contribution in [2.45, 2.75) is 6.92 Å². The quantitative estimate of drug-likeness (QED) is 0.750. The van der Waals surface area contributed by atoms with Gasteiger partial charge in [0.25, 0.3) is 6.71 Å². The van der Waals surface area contributed by atoms with Crippen LogP contribution in [0.3, 0.4) is 0 Å². The maximum atomic E-state index is 6.08. The van der Waals surface area contributed by atoms with Gasteiger partial charge in [-0.25, -0.2) is 0 Å². The summed E-state index contributed by atoms with van der Waals surface area (Å²) in [6.07, 6.45) is 3.95. The molecule has 0 spiro atoms. The number of hydrogen-bond donors (Lipinski definition) is 0. The molecule has 106 valence electrons. The molecule has 2 aliphatic heterocycles. The number of hydrogen-bond acceptors (Lipinski definition) is 2. The summed E-state index contributed by atoms with van der Waals surface area (Å²) in [6, 6.07) is 16.3. The molecule has 0 aliphatic carbocycles. The topological polar surface area (TPSA) is 18.5 Å². The van der Waals surface area contributed by atoms with E-state index in [-0.39, 0.29) is 6.71 Å². The van der Waals surface area contributed by atoms with Crippen LogP contribution < -0.4 is 20.4 Å². The van der Waals surface area contributed by atoms with Gasteiger partial charge in [0, 0.05) is 5.47 Å². The molecular weight excluding hydrogens is 271 g/mol. The molecule has 0 fully saturated rings. The molecule has 0 aromatic heterocycles. The molecule has 0 bridgehead atoms. The Morgan fingerprint density at radius 2 is 1.50 bits per heavy atom. The van der Waals surface area contributed by atoms with Gasteiger partial charge in [-0.3, -0.25) is 0 Å². The molecule has 3 heteroatoms. The average Bonchev–Trinajstić information content (AvgIpc) is 2.54. The maximum Gasteiger partial charge on any atom is 0.260 e. The van der Waals surface area contributed by atoms with Crippen molar-refractivity contribution in [1.29, 1.82) is 0 Å². The molecule has 0 radical (unpaired) electrons. The van der Waals surface area contributed by atoms with Crippen LogP contribution in [-0.2, 0) is 0 Å². The highest BCUT2D eigenvalue weighted by atomic mass is 16.5. The Labute approximate surface area is 130 Å². The van der Waals surface area contributed by atoms with E-state index in [0.29, 0.717) is 5.76 Å². The molecular formula is C19H15BO2. The minimum absolute atomic E-state index is 0.105. The third-order valence-electron chi connectivity index (χ3n) is 4.09. The molecule has 0 amide bonds. The monoisotopic (exact) mass is 286 g/mol. The third-order valence-corrected chi connectivity index (χ3v) is 4.09. The largest absolute Gasteiger partial charge is 0.459 e. The van der Waals surface area contributed by atoms with Crippen molar-refractivity contribution in [1.82, 2.24) is 0 Å². The van der Waals surface area contributed by atoms with Gasteiger partial charge in [-0.05, 0) is 36.1 Å². The van der Waals surface area contributed by atoms with Crippen LogP contribution in [0.4, 0.5) is 0 Å². The van der Waals surface area contributed by atoms with Gasteiger partial charge in [-0.2, -0.15) is 0 Å². The summed E-state index contributed by atoms with van der Waals surface area (Å²) in [5.74, 6) is 3.24. The van der Waals surface area contributed by atoms with Crippen LogP contribution in [0.1, 0.15) is 6.92 Å². The van der Waals surface area contributed by atoms with Crippen LogP contribution in [0, 0.1) is 0 Å². The Morgan fingerprint density at radius 3 is 2.14 bits per heavy atom. The van der Waals surface area contributed by atoms with Gasteiger partial charge < -0.3 is 9.47 Å². The fourth-order valence-electron chi connectivity index (χ4n) is 3.18. The second-order valence-electron chi connectivity index (χ2n) is 5.41. The van der Waals surface area contributed by atoms with E-state index >= 15 is 0 Å². The second-order valence-corrected chi connectivity index (χ2v) is 5.41. The summed E-state index contributed by atoms with van der Waals surface area (Å²) >= 11 is 0. The summed E-state index contributed by atoms with van der Waals surface area (Å²) in [5, 5.41) is 0. The first-order chi connectivity index (χ1) is 10.8. The van der Waals surface area contributed by atoms with E-state index in [1.54, 1.807) is 0 Å². The van der Waals surface area contributed by atoms with Crippen molar-refractivity contribution in [2.24, 2.45) is 0 Å². The van der Waals surface area contributed by atoms with Gasteiger partial charge in [-0.1, -0.05) is 49.1 Å². The molecule has 0 saturated carbocycles. The standard InChI is InChI=1S/C19H15BO2/c1-3-8-18-19-13(2)21-16-11-6-4-9-14(16)20(19)15-10-5-7-12-17(15)22-18/h3-12H,2H2,1H3/b8-3-. The van der Waals surface area contributed by atoms with Crippen molar-refractivity contribution < 1.29 is 9.47 Å². The number of rotatable bonds is 1. The lowest BCUT2D eigenvalue weighted by atomic mass is 9.34. The summed E-state index contributed by atoms with van der Waals surface area (Å²) in [6.45, 7) is 6.19. The molecule has 4 rings (SSSR count). The van der Waals surface area contributed by atoms with E-state index in [1.807, 2.05) is 55.5 Å². The van der Waals surface area contributed by atoms with Crippen molar-refractivity contribution in [3.8, 4) is 11.5 Å². The molecule has 0 unspecified atom stereocenters. The fourth-order valence-corrected chi connectivity index (χ4v) is 3.18. The lowest BCUT2D eigenvalue weighted by molar-refractivity contribution is 0.411. The van der Waals surface area contributed by atoms with Gasteiger partial charge in [0.2, 0.25) is 0 Å². The molecule has 2 aromatic carbocycles. The van der Waals surface area contributed by atoms with E-state index in [0.717, 1.165) is 33.7 Å². The SMILES string of the molecule is C=C1Oc2ccccc2B2C1=C(/C=C\C)Oc1ccccc12. The lowest BCUT2D eigenvalue weighted by Crippen LogP contribution is -2.51. The van der Waals surface area contributed by atoms with Gasteiger partial charge in [0.05, 0.1) is 0 Å². The van der Waals surface area contributed by atoms with Crippen molar-refractivity contribution in [2.75, 3.05) is 0 Å². The van der Waals surface area contributed by atoms with E-state index in [9.17, 15) is 0 Å². The Balaban J connectivity index is 2.03. The molecule has 22 heavy (non-hydrogen) atoms. The first-order valence-electron chi connectivity index (χ1n) is 7.39. The second kappa shape index (κ2) is 4.95. The number of allylic oxidation sites excluding steroid dienone is 3. The Hall–Kier alpha value is -2.68. The zero-order valence-electron chi connectivity index (χ0n) is 12.4. The average molecular weight is 286 g/mol. The summed E-state index contributed by atoms with van der Waals surface area (Å²) < 4.78 is 12.0. The van der Waals surface area contributed by atoms with Crippen LogP contribution in [0.15, 0.2) is 84.3 Å². The normalized spacial score (nSPS) is 15.9. The van der Waals surface area contributed by atoms with E-state index < -0.39 is 0 Å². The highest BCUT2D eigenvalue weighted by Gasteiger charge is 2.40. The van der Waals surface area contributed by atoms with E-state index in [2.05, 4.69) is 18.7 Å². The molecule has 2 aliphatic rings. The van der Waals surface area contributed by atoms with Crippen molar-refractivity contribution >= 4 is 17.6 Å². The number of benzene rings is 2. The first kappa shape index (κ1) is 13.0. The Bertz CT molecular complexity index is 833. The molecule has 2 nitrogen and oxygen atoms in total. The van der Waals surface area contributed by atoms with E-state index in [4.69, 9.17) is 9.47 Å².